The third kappa shape index (κ3) is 4.39. The molecule has 1 fully saturated rings. The van der Waals surface area contributed by atoms with E-state index in [0.29, 0.717) is 24.4 Å². The van der Waals surface area contributed by atoms with Crippen LogP contribution in [0.15, 0.2) is 36.4 Å². The number of benzene rings is 1. The Kier molecular flexibility index (Phi) is 5.38. The largest absolute Gasteiger partial charge is 0.497 e. The number of ether oxygens (including phenoxy) is 1. The second-order valence-corrected chi connectivity index (χ2v) is 7.51. The van der Waals surface area contributed by atoms with E-state index in [1.165, 1.54) is 11.3 Å². The Morgan fingerprint density at radius 1 is 1.28 bits per heavy atom. The highest BCUT2D eigenvalue weighted by Gasteiger charge is 2.30. The van der Waals surface area contributed by atoms with Crippen LogP contribution in [0.1, 0.15) is 26.5 Å². The molecule has 0 spiro atoms. The van der Waals surface area contributed by atoms with Crippen molar-refractivity contribution in [3.63, 3.8) is 0 Å². The number of amides is 2. The maximum absolute atomic E-state index is 12.2. The van der Waals surface area contributed by atoms with Gasteiger partial charge in [-0.05, 0) is 43.2 Å². The van der Waals surface area contributed by atoms with E-state index in [1.54, 1.807) is 7.11 Å². The number of nitrogens with zero attached hydrogens (tertiary/aromatic N) is 1. The summed E-state index contributed by atoms with van der Waals surface area (Å²) in [5.74, 6) is 0.835. The molecule has 2 amide bonds. The second-order valence-electron chi connectivity index (χ2n) is 6.22. The minimum atomic E-state index is -0.113. The van der Waals surface area contributed by atoms with Gasteiger partial charge < -0.3 is 15.0 Å². The maximum atomic E-state index is 12.2. The van der Waals surface area contributed by atoms with Gasteiger partial charge in [0.25, 0.3) is 5.91 Å². The first-order valence-electron chi connectivity index (χ1n) is 8.33. The molecule has 1 aromatic carbocycles. The Balaban J connectivity index is 1.50. The predicted molar refractivity (Wildman–Crippen MR) is 98.2 cm³/mol. The molecular formula is C19H22N2O3S. The van der Waals surface area contributed by atoms with Crippen molar-refractivity contribution >= 4 is 23.2 Å². The fourth-order valence-electron chi connectivity index (χ4n) is 2.95. The van der Waals surface area contributed by atoms with Gasteiger partial charge in [0.05, 0.1) is 18.0 Å². The molecule has 0 saturated carbocycles. The lowest BCUT2D eigenvalue weighted by Gasteiger charge is -2.17. The van der Waals surface area contributed by atoms with Gasteiger partial charge in [-0.3, -0.25) is 9.59 Å². The molecule has 2 heterocycles. The Hall–Kier alpha value is -2.34. The van der Waals surface area contributed by atoms with Crippen molar-refractivity contribution in [2.45, 2.75) is 25.8 Å². The molecule has 1 aliphatic rings. The Bertz CT molecular complexity index is 754. The quantitative estimate of drug-likeness (QED) is 0.864. The molecule has 6 heteroatoms. The lowest BCUT2D eigenvalue weighted by Crippen LogP contribution is -2.37. The van der Waals surface area contributed by atoms with Gasteiger partial charge in [-0.15, -0.1) is 11.3 Å². The summed E-state index contributed by atoms with van der Waals surface area (Å²) in [5, 5.41) is 2.97. The molecule has 0 bridgehead atoms. The number of hydrogen-bond donors (Lipinski definition) is 1. The lowest BCUT2D eigenvalue weighted by atomic mass is 10.1. The van der Waals surface area contributed by atoms with Crippen LogP contribution in [0.25, 0.3) is 0 Å². The average molecular weight is 358 g/mol. The number of rotatable bonds is 6. The van der Waals surface area contributed by atoms with Crippen molar-refractivity contribution in [3.8, 4) is 5.75 Å². The zero-order valence-electron chi connectivity index (χ0n) is 14.5. The smallest absolute Gasteiger partial charge is 0.261 e. The normalized spacial score (nSPS) is 17.0. The van der Waals surface area contributed by atoms with Crippen molar-refractivity contribution in [1.82, 2.24) is 10.2 Å². The molecule has 1 saturated heterocycles. The monoisotopic (exact) mass is 358 g/mol. The average Bonchev–Trinajstić information content (AvgIpc) is 3.19. The van der Waals surface area contributed by atoms with Gasteiger partial charge in [-0.1, -0.05) is 12.1 Å². The van der Waals surface area contributed by atoms with Crippen LogP contribution in [-0.4, -0.2) is 43.0 Å². The van der Waals surface area contributed by atoms with E-state index in [-0.39, 0.29) is 17.9 Å². The van der Waals surface area contributed by atoms with E-state index in [4.69, 9.17) is 4.74 Å². The van der Waals surface area contributed by atoms with Gasteiger partial charge in [-0.25, -0.2) is 0 Å². The van der Waals surface area contributed by atoms with Crippen LogP contribution in [0.4, 0.5) is 0 Å². The Morgan fingerprint density at radius 2 is 2.04 bits per heavy atom. The van der Waals surface area contributed by atoms with E-state index in [9.17, 15) is 9.59 Å². The highest BCUT2D eigenvalue weighted by atomic mass is 32.1. The maximum Gasteiger partial charge on any atom is 0.261 e. The van der Waals surface area contributed by atoms with Crippen molar-refractivity contribution in [1.29, 1.82) is 0 Å². The van der Waals surface area contributed by atoms with Crippen molar-refractivity contribution in [2.24, 2.45) is 0 Å². The lowest BCUT2D eigenvalue weighted by molar-refractivity contribution is -0.127. The fraction of sp³-hybridized carbons (Fsp3) is 0.368. The summed E-state index contributed by atoms with van der Waals surface area (Å²) in [6, 6.07) is 11.5. The number of thiophene rings is 1. The standard InChI is InChI=1S/C19H22N2O3S/c1-13-3-8-17(25-13)19(23)20-15-11-18(22)21(12-15)10-9-14-4-6-16(24-2)7-5-14/h3-8,15H,9-12H2,1-2H3,(H,20,23)/t15-/m0/s1. The molecule has 3 rings (SSSR count). The first kappa shape index (κ1) is 17.5. The van der Waals surface area contributed by atoms with Crippen molar-refractivity contribution in [2.75, 3.05) is 20.2 Å². The van der Waals surface area contributed by atoms with E-state index in [1.807, 2.05) is 48.2 Å². The zero-order valence-corrected chi connectivity index (χ0v) is 15.3. The van der Waals surface area contributed by atoms with Gasteiger partial charge in [0.1, 0.15) is 5.75 Å². The summed E-state index contributed by atoms with van der Waals surface area (Å²) in [6.45, 7) is 3.21. The molecular weight excluding hydrogens is 336 g/mol. The number of carbonyl (C=O) groups excluding carboxylic acids is 2. The summed E-state index contributed by atoms with van der Waals surface area (Å²) in [6.07, 6.45) is 1.17. The van der Waals surface area contributed by atoms with E-state index in [0.717, 1.165) is 22.6 Å². The molecule has 1 N–H and O–H groups in total. The van der Waals surface area contributed by atoms with Crippen LogP contribution in [0.5, 0.6) is 5.75 Å². The molecule has 1 atom stereocenters. The predicted octanol–water partition coefficient (Wildman–Crippen LogP) is 2.64. The molecule has 0 radical (unpaired) electrons. The summed E-state index contributed by atoms with van der Waals surface area (Å²) in [7, 11) is 1.64. The minimum absolute atomic E-state index is 0.0899. The number of nitrogens with one attached hydrogen (secondary N) is 1. The molecule has 1 aliphatic heterocycles. The third-order valence-electron chi connectivity index (χ3n) is 4.34. The van der Waals surface area contributed by atoms with E-state index < -0.39 is 0 Å². The number of aryl methyl sites for hydroxylation is 1. The first-order valence-corrected chi connectivity index (χ1v) is 9.15. The first-order chi connectivity index (χ1) is 12.0. The summed E-state index contributed by atoms with van der Waals surface area (Å²) in [4.78, 5) is 28.0. The molecule has 25 heavy (non-hydrogen) atoms. The molecule has 1 aromatic heterocycles. The molecule has 132 valence electrons. The number of likely N-dealkylation sites (tertiary alicyclic amines) is 1. The van der Waals surface area contributed by atoms with E-state index in [2.05, 4.69) is 5.32 Å². The van der Waals surface area contributed by atoms with Gasteiger partial charge in [0, 0.05) is 24.4 Å². The van der Waals surface area contributed by atoms with Gasteiger partial charge in [0.15, 0.2) is 0 Å². The Labute approximate surface area is 151 Å². The van der Waals surface area contributed by atoms with Gasteiger partial charge in [0.2, 0.25) is 5.91 Å². The molecule has 5 nitrogen and oxygen atoms in total. The topological polar surface area (TPSA) is 58.6 Å². The van der Waals surface area contributed by atoms with Gasteiger partial charge >= 0.3 is 0 Å². The summed E-state index contributed by atoms with van der Waals surface area (Å²) < 4.78 is 5.15. The van der Waals surface area contributed by atoms with Crippen LogP contribution in [0.3, 0.4) is 0 Å². The number of methoxy groups -OCH3 is 1. The number of hydrogen-bond acceptors (Lipinski definition) is 4. The van der Waals surface area contributed by atoms with Crippen LogP contribution in [-0.2, 0) is 11.2 Å². The number of carbonyl (C=O) groups is 2. The SMILES string of the molecule is COc1ccc(CCN2C[C@@H](NC(=O)c3ccc(C)s3)CC2=O)cc1. The third-order valence-corrected chi connectivity index (χ3v) is 5.34. The molecule has 0 aliphatic carbocycles. The minimum Gasteiger partial charge on any atom is -0.497 e. The van der Waals surface area contributed by atoms with Crippen LogP contribution in [0, 0.1) is 6.92 Å². The van der Waals surface area contributed by atoms with Crippen molar-refractivity contribution in [3.05, 3.63) is 51.7 Å². The van der Waals surface area contributed by atoms with Crippen molar-refractivity contribution < 1.29 is 14.3 Å². The second kappa shape index (κ2) is 7.70. The Morgan fingerprint density at radius 3 is 2.68 bits per heavy atom. The van der Waals surface area contributed by atoms with Gasteiger partial charge in [-0.2, -0.15) is 0 Å². The highest BCUT2D eigenvalue weighted by Crippen LogP contribution is 2.18. The fourth-order valence-corrected chi connectivity index (χ4v) is 3.72. The summed E-state index contributed by atoms with van der Waals surface area (Å²) >= 11 is 1.47. The van der Waals surface area contributed by atoms with E-state index >= 15 is 0 Å². The van der Waals surface area contributed by atoms with Crippen LogP contribution < -0.4 is 10.1 Å². The molecule has 2 aromatic rings. The highest BCUT2D eigenvalue weighted by molar-refractivity contribution is 7.13. The molecule has 0 unspecified atom stereocenters. The summed E-state index contributed by atoms with van der Waals surface area (Å²) in [5.41, 5.74) is 1.16. The zero-order chi connectivity index (χ0) is 17.8. The van der Waals surface area contributed by atoms with Crippen LogP contribution in [0.2, 0.25) is 0 Å². The van der Waals surface area contributed by atoms with Crippen LogP contribution >= 0.6 is 11.3 Å².